The minimum absolute atomic E-state index is 0.378. The van der Waals surface area contributed by atoms with Crippen LogP contribution in [0.2, 0.25) is 0 Å². The lowest BCUT2D eigenvalue weighted by atomic mass is 10.7. The van der Waals surface area contributed by atoms with E-state index >= 15 is 0 Å². The van der Waals surface area contributed by atoms with Crippen LogP contribution < -0.4 is 0 Å². The van der Waals surface area contributed by atoms with Gasteiger partial charge in [-0.3, -0.25) is 0 Å². The van der Waals surface area contributed by atoms with Crippen molar-refractivity contribution in [1.29, 1.82) is 0 Å². The Morgan fingerprint density at radius 1 is 1.44 bits per heavy atom. The molecule has 0 saturated heterocycles. The van der Waals surface area contributed by atoms with Crippen LogP contribution in [0.4, 0.5) is 0 Å². The van der Waals surface area contributed by atoms with E-state index in [1.54, 1.807) is 4.57 Å². The smallest absolute Gasteiger partial charge is 0.101 e. The first-order valence-electron chi connectivity index (χ1n) is 2.55. The third kappa shape index (κ3) is 1.51. The molecule has 0 radical (unpaired) electrons. The molecule has 0 spiro atoms. The number of azide groups is 1. The van der Waals surface area contributed by atoms with Gasteiger partial charge in [-0.25, -0.2) is 0 Å². The molecule has 0 fully saturated rings. The molecule has 46 valence electrons. The highest BCUT2D eigenvalue weighted by Crippen LogP contribution is 1.89. The van der Waals surface area contributed by atoms with Crippen molar-refractivity contribution in [2.24, 2.45) is 5.11 Å². The van der Waals surface area contributed by atoms with Gasteiger partial charge in [0.1, 0.15) is 6.67 Å². The fourth-order valence-corrected chi connectivity index (χ4v) is 0.566. The number of nitrogens with zero attached hydrogens (tertiary/aromatic N) is 4. The summed E-state index contributed by atoms with van der Waals surface area (Å²) < 4.78 is 1.79. The van der Waals surface area contributed by atoms with Crippen LogP contribution in [0.5, 0.6) is 0 Å². The van der Waals surface area contributed by atoms with Crippen molar-refractivity contribution in [3.63, 3.8) is 0 Å². The maximum Gasteiger partial charge on any atom is 0.101 e. The van der Waals surface area contributed by atoms with Crippen molar-refractivity contribution in [2.45, 2.75) is 6.67 Å². The fourth-order valence-electron chi connectivity index (χ4n) is 0.566. The molecule has 0 saturated carbocycles. The Balaban J connectivity index is 2.57. The summed E-state index contributed by atoms with van der Waals surface area (Å²) in [5, 5.41) is 3.36. The van der Waals surface area contributed by atoms with Gasteiger partial charge in [-0.1, -0.05) is 5.11 Å². The van der Waals surface area contributed by atoms with E-state index in [-0.39, 0.29) is 0 Å². The third-order valence-electron chi connectivity index (χ3n) is 0.956. The highest BCUT2D eigenvalue weighted by atomic mass is 15.2. The molecule has 0 aliphatic heterocycles. The summed E-state index contributed by atoms with van der Waals surface area (Å²) in [6.07, 6.45) is 3.68. The Morgan fingerprint density at radius 2 is 2.11 bits per heavy atom. The van der Waals surface area contributed by atoms with Crippen molar-refractivity contribution >= 4 is 0 Å². The van der Waals surface area contributed by atoms with Crippen LogP contribution >= 0.6 is 0 Å². The molecule has 4 nitrogen and oxygen atoms in total. The predicted molar refractivity (Wildman–Crippen MR) is 33.6 cm³/mol. The highest BCUT2D eigenvalue weighted by molar-refractivity contribution is 4.89. The Bertz CT molecular complexity index is 207. The monoisotopic (exact) mass is 122 g/mol. The van der Waals surface area contributed by atoms with Crippen LogP contribution in [0.15, 0.2) is 29.6 Å². The molecule has 9 heavy (non-hydrogen) atoms. The van der Waals surface area contributed by atoms with E-state index < -0.39 is 0 Å². The van der Waals surface area contributed by atoms with Crippen molar-refractivity contribution in [3.8, 4) is 0 Å². The van der Waals surface area contributed by atoms with Gasteiger partial charge in [0, 0.05) is 17.3 Å². The van der Waals surface area contributed by atoms with Gasteiger partial charge in [-0.15, -0.1) is 0 Å². The quantitative estimate of drug-likeness (QED) is 0.326. The van der Waals surface area contributed by atoms with Gasteiger partial charge in [0.15, 0.2) is 0 Å². The van der Waals surface area contributed by atoms with Gasteiger partial charge >= 0.3 is 0 Å². The Hall–Kier alpha value is -1.41. The first kappa shape index (κ1) is 5.72. The molecule has 1 aromatic rings. The third-order valence-corrected chi connectivity index (χ3v) is 0.956. The zero-order valence-electron chi connectivity index (χ0n) is 4.81. The zero-order chi connectivity index (χ0) is 6.53. The average Bonchev–Trinajstić information content (AvgIpc) is 2.34. The van der Waals surface area contributed by atoms with Crippen molar-refractivity contribution in [3.05, 3.63) is 35.0 Å². The molecule has 0 aromatic carbocycles. The molecular weight excluding hydrogens is 116 g/mol. The lowest BCUT2D eigenvalue weighted by Gasteiger charge is -1.90. The van der Waals surface area contributed by atoms with Gasteiger partial charge < -0.3 is 4.57 Å². The maximum atomic E-state index is 7.91. The molecule has 1 heterocycles. The van der Waals surface area contributed by atoms with E-state index in [0.717, 1.165) is 0 Å². The lowest BCUT2D eigenvalue weighted by molar-refractivity contribution is 0.732. The van der Waals surface area contributed by atoms with Crippen LogP contribution in [-0.4, -0.2) is 4.57 Å². The maximum absolute atomic E-state index is 7.91. The standard InChI is InChI=1S/C5H6N4/c6-8-7-5-9-3-1-2-4-9/h1-4H,5H2. The number of rotatable bonds is 2. The first-order chi connectivity index (χ1) is 4.43. The second kappa shape index (κ2) is 2.79. The van der Waals surface area contributed by atoms with Crippen LogP contribution in [0.25, 0.3) is 10.4 Å². The molecule has 4 heteroatoms. The summed E-state index contributed by atoms with van der Waals surface area (Å²) in [7, 11) is 0. The first-order valence-corrected chi connectivity index (χ1v) is 2.55. The largest absolute Gasteiger partial charge is 0.348 e. The number of hydrogen-bond donors (Lipinski definition) is 0. The topological polar surface area (TPSA) is 53.7 Å². The summed E-state index contributed by atoms with van der Waals surface area (Å²) in [5.41, 5.74) is 7.91. The lowest BCUT2D eigenvalue weighted by Crippen LogP contribution is -1.86. The van der Waals surface area contributed by atoms with Crippen LogP contribution in [0.1, 0.15) is 0 Å². The van der Waals surface area contributed by atoms with E-state index in [1.807, 2.05) is 24.5 Å². The molecule has 0 atom stereocenters. The summed E-state index contributed by atoms with van der Waals surface area (Å²) >= 11 is 0. The van der Waals surface area contributed by atoms with E-state index in [1.165, 1.54) is 0 Å². The van der Waals surface area contributed by atoms with E-state index in [4.69, 9.17) is 5.53 Å². The molecule has 1 aromatic heterocycles. The van der Waals surface area contributed by atoms with E-state index in [2.05, 4.69) is 10.0 Å². The van der Waals surface area contributed by atoms with Gasteiger partial charge in [-0.05, 0) is 17.7 Å². The van der Waals surface area contributed by atoms with Crippen molar-refractivity contribution < 1.29 is 0 Å². The molecule has 0 aliphatic carbocycles. The second-order valence-electron chi connectivity index (χ2n) is 1.57. The zero-order valence-corrected chi connectivity index (χ0v) is 4.81. The summed E-state index contributed by atoms with van der Waals surface area (Å²) in [4.78, 5) is 2.61. The number of hydrogen-bond acceptors (Lipinski definition) is 1. The van der Waals surface area contributed by atoms with Crippen LogP contribution in [-0.2, 0) is 6.67 Å². The number of aromatic nitrogens is 1. The normalized spacial score (nSPS) is 8.44. The summed E-state index contributed by atoms with van der Waals surface area (Å²) in [6.45, 7) is 0.378. The molecule has 1 rings (SSSR count). The van der Waals surface area contributed by atoms with Gasteiger partial charge in [-0.2, -0.15) is 0 Å². The molecule has 0 bridgehead atoms. The van der Waals surface area contributed by atoms with Crippen LogP contribution in [0, 0.1) is 0 Å². The fraction of sp³-hybridized carbons (Fsp3) is 0.200. The van der Waals surface area contributed by atoms with Gasteiger partial charge in [0.05, 0.1) is 0 Å². The Kier molecular flexibility index (Phi) is 1.77. The van der Waals surface area contributed by atoms with Gasteiger partial charge in [0.25, 0.3) is 0 Å². The van der Waals surface area contributed by atoms with E-state index in [0.29, 0.717) is 6.67 Å². The summed E-state index contributed by atoms with van der Waals surface area (Å²) in [5.74, 6) is 0. The SMILES string of the molecule is [N-]=[N+]=NCn1cccc1. The summed E-state index contributed by atoms with van der Waals surface area (Å²) in [6, 6.07) is 3.76. The predicted octanol–water partition coefficient (Wildman–Crippen LogP) is 1.76. The van der Waals surface area contributed by atoms with E-state index in [9.17, 15) is 0 Å². The van der Waals surface area contributed by atoms with Crippen LogP contribution in [0.3, 0.4) is 0 Å². The van der Waals surface area contributed by atoms with Gasteiger partial charge in [0.2, 0.25) is 0 Å². The molecule has 0 aliphatic rings. The van der Waals surface area contributed by atoms with Crippen molar-refractivity contribution in [1.82, 2.24) is 4.57 Å². The minimum Gasteiger partial charge on any atom is -0.348 e. The Labute approximate surface area is 52.3 Å². The average molecular weight is 122 g/mol. The minimum atomic E-state index is 0.378. The second-order valence-corrected chi connectivity index (χ2v) is 1.57. The highest BCUT2D eigenvalue weighted by Gasteiger charge is 1.80. The molecule has 0 amide bonds. The molecular formula is C5H6N4. The Morgan fingerprint density at radius 3 is 2.67 bits per heavy atom. The molecule has 0 N–H and O–H groups in total. The molecule has 0 unspecified atom stereocenters. The van der Waals surface area contributed by atoms with Crippen molar-refractivity contribution in [2.75, 3.05) is 0 Å².